The maximum atomic E-state index is 13.5. The molecule has 0 N–H and O–H groups in total. The maximum Gasteiger partial charge on any atom is 0.267 e. The van der Waals surface area contributed by atoms with Crippen molar-refractivity contribution in [2.75, 3.05) is 14.2 Å². The molecule has 1 aliphatic heterocycles. The number of hydrogen-bond acceptors (Lipinski definition) is 5. The standard InChI is InChI=1S/C24H31ClN2O3S/c1-29-20-13-16(19(25)15-21(20)30-2)14-22-23(28)27(18-11-7-4-8-12-18)24(31-22)26-17-9-5-3-6-10-17/h13-15,17-18H,3-12H2,1-2H3. The Morgan fingerprint density at radius 1 is 1.00 bits per heavy atom. The molecule has 31 heavy (non-hydrogen) atoms. The summed E-state index contributed by atoms with van der Waals surface area (Å²) >= 11 is 7.99. The van der Waals surface area contributed by atoms with Gasteiger partial charge in [0.15, 0.2) is 16.7 Å². The van der Waals surface area contributed by atoms with Gasteiger partial charge in [0, 0.05) is 12.1 Å². The van der Waals surface area contributed by atoms with Gasteiger partial charge in [0.2, 0.25) is 0 Å². The molecule has 2 aliphatic carbocycles. The van der Waals surface area contributed by atoms with Gasteiger partial charge in [0.1, 0.15) is 0 Å². The van der Waals surface area contributed by atoms with E-state index in [4.69, 9.17) is 26.1 Å². The molecular weight excluding hydrogens is 432 g/mol. The van der Waals surface area contributed by atoms with Crippen LogP contribution in [0.15, 0.2) is 22.0 Å². The molecule has 7 heteroatoms. The number of carbonyl (C=O) groups is 1. The van der Waals surface area contributed by atoms with Crippen LogP contribution >= 0.6 is 23.4 Å². The second-order valence-electron chi connectivity index (χ2n) is 8.51. The zero-order valence-corrected chi connectivity index (χ0v) is 19.9. The lowest BCUT2D eigenvalue weighted by Crippen LogP contribution is -2.41. The highest BCUT2D eigenvalue weighted by Gasteiger charge is 2.39. The van der Waals surface area contributed by atoms with E-state index in [0.717, 1.165) is 36.4 Å². The van der Waals surface area contributed by atoms with Gasteiger partial charge >= 0.3 is 0 Å². The van der Waals surface area contributed by atoms with Gasteiger partial charge in [0.25, 0.3) is 5.91 Å². The molecule has 1 aromatic carbocycles. The van der Waals surface area contributed by atoms with E-state index in [2.05, 4.69) is 0 Å². The number of benzene rings is 1. The van der Waals surface area contributed by atoms with Crippen LogP contribution in [-0.4, -0.2) is 42.3 Å². The molecule has 1 saturated heterocycles. The number of methoxy groups -OCH3 is 2. The molecule has 3 aliphatic rings. The fraction of sp³-hybridized carbons (Fsp3) is 0.583. The third kappa shape index (κ3) is 5.06. The maximum absolute atomic E-state index is 13.5. The van der Waals surface area contributed by atoms with Gasteiger partial charge in [-0.2, -0.15) is 0 Å². The molecule has 0 radical (unpaired) electrons. The summed E-state index contributed by atoms with van der Waals surface area (Å²) in [5.41, 5.74) is 0.748. The van der Waals surface area contributed by atoms with Crippen molar-refractivity contribution in [3.05, 3.63) is 27.6 Å². The Hall–Kier alpha value is -1.66. The fourth-order valence-corrected chi connectivity index (χ4v) is 6.03. The van der Waals surface area contributed by atoms with Crippen LogP contribution in [0.4, 0.5) is 0 Å². The molecule has 5 nitrogen and oxygen atoms in total. The predicted octanol–water partition coefficient (Wildman–Crippen LogP) is 6.29. The zero-order chi connectivity index (χ0) is 21.8. The topological polar surface area (TPSA) is 51.1 Å². The number of thioether (sulfide) groups is 1. The van der Waals surface area contributed by atoms with Gasteiger partial charge in [-0.05, 0) is 55.2 Å². The molecule has 0 spiro atoms. The molecule has 0 unspecified atom stereocenters. The quantitative estimate of drug-likeness (QED) is 0.482. The number of ether oxygens (including phenoxy) is 2. The number of aliphatic imine (C=N–C) groups is 1. The molecule has 0 bridgehead atoms. The summed E-state index contributed by atoms with van der Waals surface area (Å²) in [4.78, 5) is 21.3. The molecule has 1 heterocycles. The van der Waals surface area contributed by atoms with E-state index < -0.39 is 0 Å². The van der Waals surface area contributed by atoms with Crippen molar-refractivity contribution in [1.82, 2.24) is 4.90 Å². The average molecular weight is 463 g/mol. The summed E-state index contributed by atoms with van der Waals surface area (Å²) in [6, 6.07) is 4.14. The van der Waals surface area contributed by atoms with Crippen molar-refractivity contribution in [3.8, 4) is 11.5 Å². The van der Waals surface area contributed by atoms with E-state index in [9.17, 15) is 4.79 Å². The summed E-state index contributed by atoms with van der Waals surface area (Å²) < 4.78 is 10.8. The Bertz CT molecular complexity index is 874. The van der Waals surface area contributed by atoms with Crippen LogP contribution in [0.1, 0.15) is 69.8 Å². The highest BCUT2D eigenvalue weighted by Crippen LogP contribution is 2.40. The molecule has 1 aromatic rings. The van der Waals surface area contributed by atoms with Gasteiger partial charge in [-0.15, -0.1) is 0 Å². The molecule has 168 valence electrons. The van der Waals surface area contributed by atoms with Crippen molar-refractivity contribution in [2.24, 2.45) is 4.99 Å². The monoisotopic (exact) mass is 462 g/mol. The highest BCUT2D eigenvalue weighted by molar-refractivity contribution is 8.18. The van der Waals surface area contributed by atoms with Crippen LogP contribution in [0.5, 0.6) is 11.5 Å². The minimum Gasteiger partial charge on any atom is -0.493 e. The Balaban J connectivity index is 1.67. The highest BCUT2D eigenvalue weighted by atomic mass is 35.5. The number of nitrogens with zero attached hydrogens (tertiary/aromatic N) is 2. The van der Waals surface area contributed by atoms with Crippen LogP contribution in [-0.2, 0) is 4.79 Å². The van der Waals surface area contributed by atoms with Crippen LogP contribution in [0.25, 0.3) is 6.08 Å². The first-order chi connectivity index (χ1) is 15.1. The molecule has 4 rings (SSSR count). The van der Waals surface area contributed by atoms with Crippen molar-refractivity contribution in [3.63, 3.8) is 0 Å². The minimum atomic E-state index is 0.0531. The number of carbonyl (C=O) groups excluding carboxylic acids is 1. The predicted molar refractivity (Wildman–Crippen MR) is 128 cm³/mol. The molecule has 2 saturated carbocycles. The number of halogens is 1. The number of hydrogen-bond donors (Lipinski definition) is 0. The van der Waals surface area contributed by atoms with E-state index in [1.54, 1.807) is 20.3 Å². The fourth-order valence-electron chi connectivity index (χ4n) is 4.73. The lowest BCUT2D eigenvalue weighted by Gasteiger charge is -2.31. The SMILES string of the molecule is COc1cc(Cl)c(C=C2SC(=NC3CCCCC3)N(C3CCCCC3)C2=O)cc1OC. The summed E-state index contributed by atoms with van der Waals surface area (Å²) in [5.74, 6) is 1.22. The third-order valence-corrected chi connectivity index (χ3v) is 7.76. The normalized spacial score (nSPS) is 23.7. The third-order valence-electron chi connectivity index (χ3n) is 6.43. The van der Waals surface area contributed by atoms with Gasteiger partial charge in [-0.3, -0.25) is 14.7 Å². The Morgan fingerprint density at radius 2 is 1.61 bits per heavy atom. The summed E-state index contributed by atoms with van der Waals surface area (Å²) in [5, 5.41) is 1.41. The van der Waals surface area contributed by atoms with Crippen LogP contribution in [0.2, 0.25) is 5.02 Å². The smallest absolute Gasteiger partial charge is 0.267 e. The summed E-state index contributed by atoms with van der Waals surface area (Å²) in [6.45, 7) is 0. The first-order valence-corrected chi connectivity index (χ1v) is 12.5. The largest absolute Gasteiger partial charge is 0.493 e. The first kappa shape index (κ1) is 22.5. The first-order valence-electron chi connectivity index (χ1n) is 11.3. The van der Waals surface area contributed by atoms with E-state index in [0.29, 0.717) is 27.5 Å². The van der Waals surface area contributed by atoms with Crippen molar-refractivity contribution in [2.45, 2.75) is 76.3 Å². The van der Waals surface area contributed by atoms with Gasteiger partial charge in [-0.25, -0.2) is 0 Å². The van der Waals surface area contributed by atoms with Gasteiger partial charge in [-0.1, -0.05) is 50.1 Å². The molecule has 0 aromatic heterocycles. The molecular formula is C24H31ClN2O3S. The Morgan fingerprint density at radius 3 is 2.26 bits per heavy atom. The second-order valence-corrected chi connectivity index (χ2v) is 9.93. The van der Waals surface area contributed by atoms with Crippen molar-refractivity contribution >= 4 is 40.5 Å². The summed E-state index contributed by atoms with van der Waals surface area (Å²) in [7, 11) is 3.18. The average Bonchev–Trinajstić information content (AvgIpc) is 3.10. The zero-order valence-electron chi connectivity index (χ0n) is 18.4. The van der Waals surface area contributed by atoms with Crippen molar-refractivity contribution in [1.29, 1.82) is 0 Å². The van der Waals surface area contributed by atoms with E-state index >= 15 is 0 Å². The molecule has 1 amide bonds. The van der Waals surface area contributed by atoms with Gasteiger partial charge < -0.3 is 9.47 Å². The van der Waals surface area contributed by atoms with E-state index in [1.807, 2.05) is 17.0 Å². The Labute approximate surface area is 194 Å². The van der Waals surface area contributed by atoms with E-state index in [-0.39, 0.29) is 11.9 Å². The van der Waals surface area contributed by atoms with Crippen LogP contribution < -0.4 is 9.47 Å². The molecule has 3 fully saturated rings. The molecule has 0 atom stereocenters. The van der Waals surface area contributed by atoms with Crippen LogP contribution in [0, 0.1) is 0 Å². The minimum absolute atomic E-state index is 0.0531. The van der Waals surface area contributed by atoms with Crippen molar-refractivity contribution < 1.29 is 14.3 Å². The van der Waals surface area contributed by atoms with E-state index in [1.165, 1.54) is 50.3 Å². The number of amides is 1. The lowest BCUT2D eigenvalue weighted by molar-refractivity contribution is -0.124. The number of amidine groups is 1. The van der Waals surface area contributed by atoms with Gasteiger partial charge in [0.05, 0.1) is 30.2 Å². The second kappa shape index (κ2) is 10.3. The summed E-state index contributed by atoms with van der Waals surface area (Å²) in [6.07, 6.45) is 13.6. The lowest BCUT2D eigenvalue weighted by atomic mass is 9.94. The number of rotatable bonds is 5. The van der Waals surface area contributed by atoms with Crippen LogP contribution in [0.3, 0.4) is 0 Å². The Kier molecular flexibility index (Phi) is 7.49.